The first-order valence-corrected chi connectivity index (χ1v) is 19.3. The summed E-state index contributed by atoms with van der Waals surface area (Å²) in [7, 11) is 0. The Kier molecular flexibility index (Phi) is 7.78. The van der Waals surface area contributed by atoms with Gasteiger partial charge in [0.2, 0.25) is 0 Å². The fourth-order valence-electron chi connectivity index (χ4n) is 8.28. The molecule has 11 rings (SSSR count). The van der Waals surface area contributed by atoms with E-state index in [1.807, 2.05) is 6.07 Å². The summed E-state index contributed by atoms with van der Waals surface area (Å²) in [6, 6.07) is 72.9. The molecule has 4 heteroatoms. The lowest BCUT2D eigenvalue weighted by Gasteiger charge is -2.16. The van der Waals surface area contributed by atoms with Gasteiger partial charge in [0.15, 0.2) is 17.5 Å². The SMILES string of the molecule is c1ccc(-c2cccc(-c3nc(-c4ccc(-c5ccccc5)c(-n5c6ccccc6c6ccccc65)c4)nc(-c4ccc5c(ccc6ccccc65)c4)n3)c2)cc1. The number of fused-ring (bicyclic) bond motifs is 6. The van der Waals surface area contributed by atoms with Crippen molar-refractivity contribution in [3.63, 3.8) is 0 Å². The molecule has 0 atom stereocenters. The molecular formula is C53H34N4. The average molecular weight is 727 g/mol. The third-order valence-electron chi connectivity index (χ3n) is 11.0. The third-order valence-corrected chi connectivity index (χ3v) is 11.0. The van der Waals surface area contributed by atoms with E-state index in [4.69, 9.17) is 15.0 Å². The Labute approximate surface area is 330 Å². The lowest BCUT2D eigenvalue weighted by atomic mass is 9.99. The molecule has 0 saturated heterocycles. The standard InChI is InChI=1S/C53H34N4/c1-3-14-35(15-4-1)38-19-13-20-40(32-38)51-54-52(41-28-30-44-39(33-41)27-26-37-18-7-8-21-43(37)44)56-53(55-51)42-29-31-45(36-16-5-2-6-17-36)50(34-42)57-48-24-11-9-22-46(48)47-23-10-12-25-49(47)57/h1-34H. The van der Waals surface area contributed by atoms with Gasteiger partial charge in [0.1, 0.15) is 0 Å². The van der Waals surface area contributed by atoms with Crippen LogP contribution in [-0.2, 0) is 0 Å². The van der Waals surface area contributed by atoms with Crippen LogP contribution in [0.5, 0.6) is 0 Å². The van der Waals surface area contributed by atoms with Crippen LogP contribution in [0.1, 0.15) is 0 Å². The topological polar surface area (TPSA) is 43.6 Å². The van der Waals surface area contributed by atoms with Crippen LogP contribution < -0.4 is 0 Å². The minimum Gasteiger partial charge on any atom is -0.309 e. The summed E-state index contributed by atoms with van der Waals surface area (Å²) in [5, 5.41) is 7.22. The minimum atomic E-state index is 0.611. The Morgan fingerprint density at radius 2 is 0.772 bits per heavy atom. The predicted octanol–water partition coefficient (Wildman–Crippen LogP) is 13.6. The van der Waals surface area contributed by atoms with E-state index in [-0.39, 0.29) is 0 Å². The lowest BCUT2D eigenvalue weighted by Crippen LogP contribution is -2.02. The minimum absolute atomic E-state index is 0.611. The molecular weight excluding hydrogens is 693 g/mol. The van der Waals surface area contributed by atoms with E-state index in [1.165, 1.54) is 26.9 Å². The van der Waals surface area contributed by atoms with Crippen molar-refractivity contribution in [1.29, 1.82) is 0 Å². The Balaban J connectivity index is 1.15. The molecule has 0 radical (unpaired) electrons. The fourth-order valence-corrected chi connectivity index (χ4v) is 8.28. The molecule has 266 valence electrons. The van der Waals surface area contributed by atoms with Gasteiger partial charge in [0.25, 0.3) is 0 Å². The highest BCUT2D eigenvalue weighted by Crippen LogP contribution is 2.39. The van der Waals surface area contributed by atoms with Crippen molar-refractivity contribution in [1.82, 2.24) is 19.5 Å². The van der Waals surface area contributed by atoms with Gasteiger partial charge < -0.3 is 4.57 Å². The van der Waals surface area contributed by atoms with Crippen LogP contribution in [0, 0.1) is 0 Å². The number of hydrogen-bond acceptors (Lipinski definition) is 3. The van der Waals surface area contributed by atoms with Gasteiger partial charge in [-0.05, 0) is 68.6 Å². The van der Waals surface area contributed by atoms with E-state index in [0.29, 0.717) is 17.5 Å². The van der Waals surface area contributed by atoms with E-state index >= 15 is 0 Å². The van der Waals surface area contributed by atoms with Crippen molar-refractivity contribution in [3.05, 3.63) is 206 Å². The Morgan fingerprint density at radius 3 is 1.47 bits per heavy atom. The maximum Gasteiger partial charge on any atom is 0.164 e. The highest BCUT2D eigenvalue weighted by atomic mass is 15.0. The van der Waals surface area contributed by atoms with Gasteiger partial charge in [-0.1, -0.05) is 176 Å². The molecule has 0 saturated carbocycles. The van der Waals surface area contributed by atoms with Crippen molar-refractivity contribution >= 4 is 43.4 Å². The lowest BCUT2D eigenvalue weighted by molar-refractivity contribution is 1.07. The summed E-state index contributed by atoms with van der Waals surface area (Å²) in [5.41, 5.74) is 10.6. The van der Waals surface area contributed by atoms with E-state index in [9.17, 15) is 0 Å². The molecule has 0 spiro atoms. The van der Waals surface area contributed by atoms with Crippen molar-refractivity contribution in [2.75, 3.05) is 0 Å². The van der Waals surface area contributed by atoms with Gasteiger partial charge in [-0.3, -0.25) is 0 Å². The number of hydrogen-bond donors (Lipinski definition) is 0. The second-order valence-corrected chi connectivity index (χ2v) is 14.4. The molecule has 57 heavy (non-hydrogen) atoms. The van der Waals surface area contributed by atoms with Crippen molar-refractivity contribution < 1.29 is 0 Å². The number of aromatic nitrogens is 4. The van der Waals surface area contributed by atoms with E-state index in [1.54, 1.807) is 0 Å². The summed E-state index contributed by atoms with van der Waals surface area (Å²) in [6.45, 7) is 0. The average Bonchev–Trinajstić information content (AvgIpc) is 3.63. The second-order valence-electron chi connectivity index (χ2n) is 14.4. The second kappa shape index (κ2) is 13.6. The molecule has 4 nitrogen and oxygen atoms in total. The van der Waals surface area contributed by atoms with Gasteiger partial charge in [-0.25, -0.2) is 15.0 Å². The zero-order chi connectivity index (χ0) is 37.7. The quantitative estimate of drug-likeness (QED) is 0.160. The van der Waals surface area contributed by atoms with Gasteiger partial charge in [0, 0.05) is 33.0 Å². The molecule has 0 aliphatic rings. The molecule has 0 N–H and O–H groups in total. The van der Waals surface area contributed by atoms with Crippen LogP contribution in [0.25, 0.3) is 105 Å². The zero-order valence-electron chi connectivity index (χ0n) is 30.9. The molecule has 2 aromatic heterocycles. The molecule has 9 aromatic carbocycles. The van der Waals surface area contributed by atoms with Crippen molar-refractivity contribution in [3.8, 4) is 62.1 Å². The van der Waals surface area contributed by atoms with Crippen molar-refractivity contribution in [2.24, 2.45) is 0 Å². The summed E-state index contributed by atoms with van der Waals surface area (Å²) >= 11 is 0. The highest BCUT2D eigenvalue weighted by molar-refractivity contribution is 6.10. The summed E-state index contributed by atoms with van der Waals surface area (Å²) < 4.78 is 2.39. The first-order chi connectivity index (χ1) is 28.2. The van der Waals surface area contributed by atoms with Crippen LogP contribution in [0.4, 0.5) is 0 Å². The molecule has 0 amide bonds. The van der Waals surface area contributed by atoms with Crippen LogP contribution in [-0.4, -0.2) is 19.5 Å². The molecule has 11 aromatic rings. The van der Waals surface area contributed by atoms with Crippen LogP contribution >= 0.6 is 0 Å². The first kappa shape index (κ1) is 32.7. The normalized spacial score (nSPS) is 11.5. The number of rotatable bonds is 6. The zero-order valence-corrected chi connectivity index (χ0v) is 30.9. The van der Waals surface area contributed by atoms with Gasteiger partial charge >= 0.3 is 0 Å². The van der Waals surface area contributed by atoms with Gasteiger partial charge in [0.05, 0.1) is 16.7 Å². The summed E-state index contributed by atoms with van der Waals surface area (Å²) in [4.78, 5) is 15.7. The third kappa shape index (κ3) is 5.74. The smallest absolute Gasteiger partial charge is 0.164 e. The maximum atomic E-state index is 5.27. The number of para-hydroxylation sites is 2. The largest absolute Gasteiger partial charge is 0.309 e. The van der Waals surface area contributed by atoms with E-state index in [0.717, 1.165) is 61.1 Å². The molecule has 0 unspecified atom stereocenters. The number of nitrogens with zero attached hydrogens (tertiary/aromatic N) is 4. The molecule has 0 bridgehead atoms. The van der Waals surface area contributed by atoms with Crippen LogP contribution in [0.15, 0.2) is 206 Å². The molecule has 0 fully saturated rings. The van der Waals surface area contributed by atoms with Crippen LogP contribution in [0.2, 0.25) is 0 Å². The van der Waals surface area contributed by atoms with Gasteiger partial charge in [-0.2, -0.15) is 0 Å². The van der Waals surface area contributed by atoms with Gasteiger partial charge in [-0.15, -0.1) is 0 Å². The Bertz CT molecular complexity index is 3240. The number of benzene rings is 9. The fraction of sp³-hybridized carbons (Fsp3) is 0. The highest BCUT2D eigenvalue weighted by Gasteiger charge is 2.19. The Morgan fingerprint density at radius 1 is 0.281 bits per heavy atom. The first-order valence-electron chi connectivity index (χ1n) is 19.3. The Hall–Kier alpha value is -7.69. The van der Waals surface area contributed by atoms with E-state index < -0.39 is 0 Å². The summed E-state index contributed by atoms with van der Waals surface area (Å²) in [5.74, 6) is 1.86. The molecule has 2 heterocycles. The monoisotopic (exact) mass is 726 g/mol. The van der Waals surface area contributed by atoms with E-state index in [2.05, 4.69) is 205 Å². The predicted molar refractivity (Wildman–Crippen MR) is 236 cm³/mol. The maximum absolute atomic E-state index is 5.27. The van der Waals surface area contributed by atoms with Crippen molar-refractivity contribution in [2.45, 2.75) is 0 Å². The van der Waals surface area contributed by atoms with Crippen LogP contribution in [0.3, 0.4) is 0 Å². The molecule has 0 aliphatic carbocycles. The summed E-state index contributed by atoms with van der Waals surface area (Å²) in [6.07, 6.45) is 0. The molecule has 0 aliphatic heterocycles.